The highest BCUT2D eigenvalue weighted by Gasteiger charge is 2.28. The molecule has 2 aliphatic heterocycles. The Morgan fingerprint density at radius 2 is 2.06 bits per heavy atom. The molecule has 0 bridgehead atoms. The summed E-state index contributed by atoms with van der Waals surface area (Å²) in [5, 5.41) is 10.9. The van der Waals surface area contributed by atoms with Crippen molar-refractivity contribution in [1.29, 1.82) is 0 Å². The van der Waals surface area contributed by atoms with E-state index in [9.17, 15) is 4.79 Å². The number of rotatable bonds is 10. The Hall–Kier alpha value is -1.87. The summed E-state index contributed by atoms with van der Waals surface area (Å²) in [5.41, 5.74) is 0.986. The first-order chi connectivity index (χ1) is 15.8. The number of hydrogen-bond donors (Lipinski definition) is 2. The molecule has 0 saturated carbocycles. The van der Waals surface area contributed by atoms with E-state index in [2.05, 4.69) is 38.9 Å². The highest BCUT2D eigenvalue weighted by molar-refractivity contribution is 7.98. The van der Waals surface area contributed by atoms with Crippen LogP contribution in [0, 0.1) is 11.8 Å². The molecule has 2 unspecified atom stereocenters. The van der Waals surface area contributed by atoms with Crippen LogP contribution in [0.5, 0.6) is 0 Å². The number of thioether (sulfide) groups is 1. The van der Waals surface area contributed by atoms with Gasteiger partial charge in [-0.25, -0.2) is 0 Å². The average molecular weight is 459 g/mol. The molecule has 2 aliphatic rings. The number of nitrogens with zero attached hydrogens (tertiary/aromatic N) is 2. The summed E-state index contributed by atoms with van der Waals surface area (Å²) < 4.78 is 10.9. The lowest BCUT2D eigenvalue weighted by atomic mass is 9.81. The van der Waals surface area contributed by atoms with Gasteiger partial charge in [0.1, 0.15) is 5.76 Å². The lowest BCUT2D eigenvalue weighted by Gasteiger charge is -2.31. The van der Waals surface area contributed by atoms with Gasteiger partial charge < -0.3 is 19.9 Å². The zero-order valence-corrected chi connectivity index (χ0v) is 19.4. The molecule has 2 N–H and O–H groups in total. The standard InChI is InChI=1S/C24H34N4O3S/c29-24(26-8-9-28-10-12-30-13-11-28)15-19-6-7-25-17-20(19)14-21-16-22(31-27-21)18-32-23-4-2-1-3-5-23/h1-5,16,19-20,25H,6-15,17-18H2,(H,26,29). The minimum absolute atomic E-state index is 0.162. The number of ether oxygens (including phenoxy) is 1. The van der Waals surface area contributed by atoms with Gasteiger partial charge in [-0.3, -0.25) is 9.69 Å². The van der Waals surface area contributed by atoms with E-state index >= 15 is 0 Å². The number of aromatic nitrogens is 1. The van der Waals surface area contributed by atoms with Crippen LogP contribution in [-0.4, -0.2) is 68.4 Å². The second-order valence-electron chi connectivity index (χ2n) is 8.61. The van der Waals surface area contributed by atoms with Crippen LogP contribution >= 0.6 is 11.8 Å². The van der Waals surface area contributed by atoms with Gasteiger partial charge in [0.2, 0.25) is 5.91 Å². The molecule has 0 radical (unpaired) electrons. The fourth-order valence-electron chi connectivity index (χ4n) is 4.43. The molecule has 2 aromatic rings. The molecule has 7 nitrogen and oxygen atoms in total. The van der Waals surface area contributed by atoms with Gasteiger partial charge in [-0.1, -0.05) is 23.4 Å². The zero-order chi connectivity index (χ0) is 22.0. The summed E-state index contributed by atoms with van der Waals surface area (Å²) >= 11 is 1.75. The summed E-state index contributed by atoms with van der Waals surface area (Å²) in [6, 6.07) is 12.4. The van der Waals surface area contributed by atoms with Gasteiger partial charge in [-0.05, 0) is 49.9 Å². The molecule has 0 aliphatic carbocycles. The van der Waals surface area contributed by atoms with Crippen molar-refractivity contribution >= 4 is 17.7 Å². The first-order valence-corrected chi connectivity index (χ1v) is 12.6. The molecule has 3 heterocycles. The molecule has 2 saturated heterocycles. The van der Waals surface area contributed by atoms with Crippen molar-refractivity contribution in [2.75, 3.05) is 52.5 Å². The smallest absolute Gasteiger partial charge is 0.220 e. The first kappa shape index (κ1) is 23.3. The van der Waals surface area contributed by atoms with Crippen molar-refractivity contribution in [3.8, 4) is 0 Å². The number of piperidine rings is 1. The number of carbonyl (C=O) groups is 1. The highest BCUT2D eigenvalue weighted by atomic mass is 32.2. The summed E-state index contributed by atoms with van der Waals surface area (Å²) in [6.07, 6.45) is 2.46. The third-order valence-corrected chi connectivity index (χ3v) is 7.30. The van der Waals surface area contributed by atoms with Gasteiger partial charge in [-0.15, -0.1) is 11.8 Å². The van der Waals surface area contributed by atoms with E-state index in [1.807, 2.05) is 18.2 Å². The maximum absolute atomic E-state index is 12.6. The average Bonchev–Trinajstić information content (AvgIpc) is 3.28. The van der Waals surface area contributed by atoms with Crippen LogP contribution in [0.1, 0.15) is 24.3 Å². The lowest BCUT2D eigenvalue weighted by Crippen LogP contribution is -2.43. The maximum Gasteiger partial charge on any atom is 0.220 e. The maximum atomic E-state index is 12.6. The Balaban J connectivity index is 1.21. The molecule has 4 rings (SSSR count). The SMILES string of the molecule is O=C(CC1CCNCC1Cc1cc(CSc2ccccc2)on1)NCCN1CCOCC1. The van der Waals surface area contributed by atoms with Crippen LogP contribution in [0.25, 0.3) is 0 Å². The van der Waals surface area contributed by atoms with E-state index in [1.165, 1.54) is 4.90 Å². The number of hydrogen-bond acceptors (Lipinski definition) is 7. The molecule has 8 heteroatoms. The molecule has 2 atom stereocenters. The Kier molecular flexibility index (Phi) is 9.02. The fourth-order valence-corrected chi connectivity index (χ4v) is 5.23. The van der Waals surface area contributed by atoms with E-state index in [0.29, 0.717) is 24.8 Å². The predicted molar refractivity (Wildman–Crippen MR) is 126 cm³/mol. The van der Waals surface area contributed by atoms with E-state index in [1.54, 1.807) is 11.8 Å². The zero-order valence-electron chi connectivity index (χ0n) is 18.6. The number of carbonyl (C=O) groups excluding carboxylic acids is 1. The van der Waals surface area contributed by atoms with Crippen LogP contribution < -0.4 is 10.6 Å². The van der Waals surface area contributed by atoms with Crippen molar-refractivity contribution in [3.05, 3.63) is 47.9 Å². The number of morpholine rings is 1. The molecule has 174 valence electrons. The molecular weight excluding hydrogens is 424 g/mol. The van der Waals surface area contributed by atoms with Crippen LogP contribution in [0.3, 0.4) is 0 Å². The van der Waals surface area contributed by atoms with Crippen LogP contribution in [0.2, 0.25) is 0 Å². The summed E-state index contributed by atoms with van der Waals surface area (Å²) in [5.74, 6) is 2.60. The normalized spacial score (nSPS) is 22.0. The number of benzene rings is 1. The van der Waals surface area contributed by atoms with Gasteiger partial charge in [0.25, 0.3) is 0 Å². The minimum atomic E-state index is 0.162. The van der Waals surface area contributed by atoms with E-state index < -0.39 is 0 Å². The predicted octanol–water partition coefficient (Wildman–Crippen LogP) is 2.57. The molecule has 0 spiro atoms. The third-order valence-electron chi connectivity index (χ3n) is 6.27. The van der Waals surface area contributed by atoms with E-state index in [0.717, 1.165) is 76.0 Å². The van der Waals surface area contributed by atoms with Crippen LogP contribution in [0.15, 0.2) is 45.8 Å². The molecule has 1 aromatic heterocycles. The van der Waals surface area contributed by atoms with Gasteiger partial charge in [0.15, 0.2) is 0 Å². The monoisotopic (exact) mass is 458 g/mol. The fraction of sp³-hybridized carbons (Fsp3) is 0.583. The van der Waals surface area contributed by atoms with Crippen LogP contribution in [0.4, 0.5) is 0 Å². The number of nitrogens with one attached hydrogen (secondary N) is 2. The Bertz CT molecular complexity index is 826. The second-order valence-corrected chi connectivity index (χ2v) is 9.66. The second kappa shape index (κ2) is 12.4. The van der Waals surface area contributed by atoms with Gasteiger partial charge in [-0.2, -0.15) is 0 Å². The third kappa shape index (κ3) is 7.33. The summed E-state index contributed by atoms with van der Waals surface area (Å²) in [4.78, 5) is 16.1. The quantitative estimate of drug-likeness (QED) is 0.530. The van der Waals surface area contributed by atoms with Gasteiger partial charge in [0.05, 0.1) is 24.7 Å². The van der Waals surface area contributed by atoms with E-state index in [4.69, 9.17) is 9.26 Å². The summed E-state index contributed by atoms with van der Waals surface area (Å²) in [7, 11) is 0. The minimum Gasteiger partial charge on any atom is -0.379 e. The Morgan fingerprint density at radius 1 is 1.22 bits per heavy atom. The molecule has 1 aromatic carbocycles. The molecular formula is C24H34N4O3S. The highest BCUT2D eigenvalue weighted by Crippen LogP contribution is 2.27. The largest absolute Gasteiger partial charge is 0.379 e. The van der Waals surface area contributed by atoms with Crippen molar-refractivity contribution in [3.63, 3.8) is 0 Å². The topological polar surface area (TPSA) is 79.6 Å². The lowest BCUT2D eigenvalue weighted by molar-refractivity contribution is -0.122. The van der Waals surface area contributed by atoms with Crippen LogP contribution in [-0.2, 0) is 21.7 Å². The van der Waals surface area contributed by atoms with Crippen molar-refractivity contribution in [2.45, 2.75) is 29.9 Å². The van der Waals surface area contributed by atoms with Crippen molar-refractivity contribution < 1.29 is 14.1 Å². The van der Waals surface area contributed by atoms with E-state index in [-0.39, 0.29) is 5.91 Å². The Morgan fingerprint density at radius 3 is 2.91 bits per heavy atom. The van der Waals surface area contributed by atoms with Gasteiger partial charge >= 0.3 is 0 Å². The summed E-state index contributed by atoms with van der Waals surface area (Å²) in [6.45, 7) is 6.99. The molecule has 32 heavy (non-hydrogen) atoms. The number of amides is 1. The molecule has 1 amide bonds. The van der Waals surface area contributed by atoms with Crippen molar-refractivity contribution in [2.24, 2.45) is 11.8 Å². The first-order valence-electron chi connectivity index (χ1n) is 11.7. The van der Waals surface area contributed by atoms with Crippen molar-refractivity contribution in [1.82, 2.24) is 20.7 Å². The Labute approximate surface area is 194 Å². The van der Waals surface area contributed by atoms with Gasteiger partial charge in [0, 0.05) is 43.6 Å². The molecule has 2 fully saturated rings.